The van der Waals surface area contributed by atoms with Gasteiger partial charge in [0.25, 0.3) is 5.91 Å². The molecule has 0 saturated carbocycles. The SMILES string of the molecule is CC(C)(C)c1cnn(C(C)(C)C(=O)Nc2ccc(C(F)(F)F)cc2Cl)c1. The molecule has 26 heavy (non-hydrogen) atoms. The van der Waals surface area contributed by atoms with Gasteiger partial charge in [0.15, 0.2) is 0 Å². The molecule has 2 aromatic rings. The first kappa shape index (κ1) is 20.3. The Morgan fingerprint density at radius 1 is 1.12 bits per heavy atom. The van der Waals surface area contributed by atoms with E-state index in [1.165, 1.54) is 4.68 Å². The highest BCUT2D eigenvalue weighted by molar-refractivity contribution is 6.33. The lowest BCUT2D eigenvalue weighted by molar-refractivity contribution is -0.137. The molecule has 1 N–H and O–H groups in total. The zero-order chi connectivity index (χ0) is 19.9. The van der Waals surface area contributed by atoms with Crippen molar-refractivity contribution in [1.82, 2.24) is 9.78 Å². The van der Waals surface area contributed by atoms with Crippen molar-refractivity contribution in [2.45, 2.75) is 51.7 Å². The first-order chi connectivity index (χ1) is 11.7. The minimum Gasteiger partial charge on any atom is -0.323 e. The lowest BCUT2D eigenvalue weighted by atomic mass is 9.90. The number of halogens is 4. The van der Waals surface area contributed by atoms with Crippen molar-refractivity contribution < 1.29 is 18.0 Å². The summed E-state index contributed by atoms with van der Waals surface area (Å²) in [6, 6.07) is 2.80. The normalized spacial score (nSPS) is 13.0. The molecule has 0 radical (unpaired) electrons. The largest absolute Gasteiger partial charge is 0.416 e. The number of anilines is 1. The number of hydrogen-bond donors (Lipinski definition) is 1. The van der Waals surface area contributed by atoms with Gasteiger partial charge in [-0.15, -0.1) is 0 Å². The van der Waals surface area contributed by atoms with E-state index >= 15 is 0 Å². The van der Waals surface area contributed by atoms with E-state index in [4.69, 9.17) is 11.6 Å². The first-order valence-electron chi connectivity index (χ1n) is 7.97. The molecule has 0 atom stereocenters. The summed E-state index contributed by atoms with van der Waals surface area (Å²) in [4.78, 5) is 12.7. The molecule has 0 bridgehead atoms. The summed E-state index contributed by atoms with van der Waals surface area (Å²) in [5, 5.41) is 6.66. The van der Waals surface area contributed by atoms with E-state index in [1.807, 2.05) is 20.8 Å². The molecule has 0 aliphatic heterocycles. The van der Waals surface area contributed by atoms with Crippen LogP contribution in [0.1, 0.15) is 45.7 Å². The lowest BCUT2D eigenvalue weighted by Gasteiger charge is -2.25. The average molecular weight is 388 g/mol. The molecule has 1 heterocycles. The molecule has 1 amide bonds. The standard InChI is InChI=1S/C18H21ClF3N3O/c1-16(2,3)12-9-23-25(10-12)17(4,5)15(26)24-14-7-6-11(8-13(14)19)18(20,21)22/h6-10H,1-5H3,(H,24,26). The summed E-state index contributed by atoms with van der Waals surface area (Å²) in [6.07, 6.45) is -1.02. The van der Waals surface area contributed by atoms with Gasteiger partial charge in [0.05, 0.1) is 22.5 Å². The van der Waals surface area contributed by atoms with E-state index in [1.54, 1.807) is 26.2 Å². The van der Waals surface area contributed by atoms with Crippen LogP contribution in [0.4, 0.5) is 18.9 Å². The van der Waals surface area contributed by atoms with Crippen LogP contribution in [0.3, 0.4) is 0 Å². The molecule has 142 valence electrons. The van der Waals surface area contributed by atoms with Gasteiger partial charge in [-0.25, -0.2) is 0 Å². The second-order valence-corrected chi connectivity index (χ2v) is 8.04. The second-order valence-electron chi connectivity index (χ2n) is 7.63. The highest BCUT2D eigenvalue weighted by Crippen LogP contribution is 2.34. The van der Waals surface area contributed by atoms with Gasteiger partial charge >= 0.3 is 6.18 Å². The first-order valence-corrected chi connectivity index (χ1v) is 8.34. The molecule has 0 spiro atoms. The molecule has 2 rings (SSSR count). The van der Waals surface area contributed by atoms with Crippen molar-refractivity contribution in [3.05, 3.63) is 46.7 Å². The maximum atomic E-state index is 12.7. The number of alkyl halides is 3. The molecule has 0 fully saturated rings. The molecule has 0 saturated heterocycles. The maximum Gasteiger partial charge on any atom is 0.416 e. The van der Waals surface area contributed by atoms with Crippen molar-refractivity contribution >= 4 is 23.2 Å². The number of hydrogen-bond acceptors (Lipinski definition) is 2. The Labute approximate surface area is 155 Å². The van der Waals surface area contributed by atoms with Crippen LogP contribution in [0.5, 0.6) is 0 Å². The third-order valence-corrected chi connectivity index (χ3v) is 4.43. The van der Waals surface area contributed by atoms with Gasteiger partial charge in [-0.2, -0.15) is 18.3 Å². The summed E-state index contributed by atoms with van der Waals surface area (Å²) < 4.78 is 39.7. The second kappa shape index (κ2) is 6.61. The Balaban J connectivity index is 2.24. The van der Waals surface area contributed by atoms with Crippen LogP contribution in [-0.4, -0.2) is 15.7 Å². The highest BCUT2D eigenvalue weighted by atomic mass is 35.5. The number of rotatable bonds is 3. The Kier molecular flexibility index (Phi) is 5.16. The van der Waals surface area contributed by atoms with E-state index in [0.29, 0.717) is 0 Å². The third-order valence-electron chi connectivity index (χ3n) is 4.12. The van der Waals surface area contributed by atoms with Crippen molar-refractivity contribution in [2.24, 2.45) is 0 Å². The van der Waals surface area contributed by atoms with E-state index in [-0.39, 0.29) is 16.1 Å². The molecule has 8 heteroatoms. The minimum atomic E-state index is -4.50. The summed E-state index contributed by atoms with van der Waals surface area (Å²) in [5.74, 6) is -0.442. The maximum absolute atomic E-state index is 12.7. The number of nitrogens with one attached hydrogen (secondary N) is 1. The van der Waals surface area contributed by atoms with Crippen LogP contribution in [0.25, 0.3) is 0 Å². The zero-order valence-electron chi connectivity index (χ0n) is 15.2. The Hall–Kier alpha value is -2.02. The van der Waals surface area contributed by atoms with Gasteiger partial charge in [-0.3, -0.25) is 9.48 Å². The average Bonchev–Trinajstić information content (AvgIpc) is 2.98. The Bertz CT molecular complexity index is 820. The van der Waals surface area contributed by atoms with Crippen molar-refractivity contribution in [3.8, 4) is 0 Å². The molecular formula is C18H21ClF3N3O. The molecule has 1 aromatic carbocycles. The number of benzene rings is 1. The third kappa shape index (κ3) is 4.20. The van der Waals surface area contributed by atoms with Gasteiger partial charge < -0.3 is 5.32 Å². The van der Waals surface area contributed by atoms with Gasteiger partial charge in [0.1, 0.15) is 5.54 Å². The predicted octanol–water partition coefficient (Wildman–Crippen LogP) is 5.23. The van der Waals surface area contributed by atoms with Crippen molar-refractivity contribution in [3.63, 3.8) is 0 Å². The van der Waals surface area contributed by atoms with Gasteiger partial charge in [0.2, 0.25) is 0 Å². The predicted molar refractivity (Wildman–Crippen MR) is 95.3 cm³/mol. The van der Waals surface area contributed by atoms with E-state index in [2.05, 4.69) is 10.4 Å². The van der Waals surface area contributed by atoms with Gasteiger partial charge in [-0.05, 0) is 43.0 Å². The van der Waals surface area contributed by atoms with Crippen LogP contribution in [0.15, 0.2) is 30.6 Å². The number of carbonyl (C=O) groups excluding carboxylic acids is 1. The fraction of sp³-hybridized carbons (Fsp3) is 0.444. The zero-order valence-corrected chi connectivity index (χ0v) is 16.0. The van der Waals surface area contributed by atoms with Crippen LogP contribution in [-0.2, 0) is 21.9 Å². The van der Waals surface area contributed by atoms with E-state index < -0.39 is 23.2 Å². The van der Waals surface area contributed by atoms with E-state index in [9.17, 15) is 18.0 Å². The van der Waals surface area contributed by atoms with Crippen molar-refractivity contribution in [1.29, 1.82) is 0 Å². The Morgan fingerprint density at radius 2 is 1.73 bits per heavy atom. The summed E-state index contributed by atoms with van der Waals surface area (Å²) in [7, 11) is 0. The monoisotopic (exact) mass is 387 g/mol. The fourth-order valence-electron chi connectivity index (χ4n) is 2.19. The van der Waals surface area contributed by atoms with Crippen LogP contribution < -0.4 is 5.32 Å². The molecule has 4 nitrogen and oxygen atoms in total. The summed E-state index contributed by atoms with van der Waals surface area (Å²) >= 11 is 5.90. The smallest absolute Gasteiger partial charge is 0.323 e. The molecule has 1 aromatic heterocycles. The fourth-order valence-corrected chi connectivity index (χ4v) is 2.42. The number of nitrogens with zero attached hydrogens (tertiary/aromatic N) is 2. The number of amides is 1. The van der Waals surface area contributed by atoms with Crippen molar-refractivity contribution in [2.75, 3.05) is 5.32 Å². The summed E-state index contributed by atoms with van der Waals surface area (Å²) in [6.45, 7) is 9.43. The number of aromatic nitrogens is 2. The van der Waals surface area contributed by atoms with Gasteiger partial charge in [-0.1, -0.05) is 32.4 Å². The highest BCUT2D eigenvalue weighted by Gasteiger charge is 2.34. The summed E-state index contributed by atoms with van der Waals surface area (Å²) in [5.41, 5.74) is -0.981. The quantitative estimate of drug-likeness (QED) is 0.784. The lowest BCUT2D eigenvalue weighted by Crippen LogP contribution is -2.40. The van der Waals surface area contributed by atoms with E-state index in [0.717, 1.165) is 23.8 Å². The molecule has 0 aliphatic rings. The number of carbonyl (C=O) groups is 1. The topological polar surface area (TPSA) is 46.9 Å². The molecular weight excluding hydrogens is 367 g/mol. The molecule has 0 unspecified atom stereocenters. The molecule has 0 aliphatic carbocycles. The Morgan fingerprint density at radius 3 is 2.19 bits per heavy atom. The minimum absolute atomic E-state index is 0.112. The van der Waals surface area contributed by atoms with Crippen LogP contribution in [0, 0.1) is 0 Å². The van der Waals surface area contributed by atoms with Crippen LogP contribution in [0.2, 0.25) is 5.02 Å². The van der Waals surface area contributed by atoms with Crippen LogP contribution >= 0.6 is 11.6 Å². The van der Waals surface area contributed by atoms with Gasteiger partial charge in [0, 0.05) is 6.20 Å².